The molecule has 2 aromatic rings. The zero-order chi connectivity index (χ0) is 20.4. The van der Waals surface area contributed by atoms with Crippen molar-refractivity contribution in [2.24, 2.45) is 5.92 Å². The molecule has 2 heterocycles. The second kappa shape index (κ2) is 8.61. The monoisotopic (exact) mass is 462 g/mol. The van der Waals surface area contributed by atoms with Gasteiger partial charge in [-0.25, -0.2) is 4.39 Å². The number of benzene rings is 2. The summed E-state index contributed by atoms with van der Waals surface area (Å²) >= 11 is 3.30. The number of nitrogens with zero attached hydrogens (tertiary/aromatic N) is 1. The number of fused-ring (bicyclic) bond motifs is 1. The maximum Gasteiger partial charge on any atom is 0.262 e. The van der Waals surface area contributed by atoms with Crippen LogP contribution in [0.3, 0.4) is 0 Å². The van der Waals surface area contributed by atoms with Crippen molar-refractivity contribution in [3.8, 4) is 11.5 Å². The summed E-state index contributed by atoms with van der Waals surface area (Å²) in [5, 5.41) is 2.90. The molecule has 4 rings (SSSR count). The molecule has 2 aliphatic heterocycles. The average Bonchev–Trinajstić information content (AvgIpc) is 2.72. The minimum absolute atomic E-state index is 0.00761. The predicted molar refractivity (Wildman–Crippen MR) is 114 cm³/mol. The first kappa shape index (κ1) is 20.0. The Morgan fingerprint density at radius 1 is 1.28 bits per heavy atom. The molecule has 0 aromatic heterocycles. The minimum Gasteiger partial charge on any atom is -0.489 e. The normalized spacial score (nSPS) is 16.8. The molecule has 0 saturated carbocycles. The van der Waals surface area contributed by atoms with Gasteiger partial charge in [0.05, 0.1) is 18.0 Å². The molecule has 1 saturated heterocycles. The third-order valence-electron chi connectivity index (χ3n) is 5.54. The van der Waals surface area contributed by atoms with E-state index in [1.54, 1.807) is 0 Å². The lowest BCUT2D eigenvalue weighted by atomic mass is 9.97. The third-order valence-corrected chi connectivity index (χ3v) is 6.03. The van der Waals surface area contributed by atoms with Crippen LogP contribution in [0.25, 0.3) is 0 Å². The Morgan fingerprint density at radius 3 is 2.79 bits per heavy atom. The van der Waals surface area contributed by atoms with E-state index < -0.39 is 0 Å². The SMILES string of the molecule is CCc1ccc(OCC2CCN(c3ccc(Br)cc3F)CC2)c2c1NC(=O)CO2. The number of ether oxygens (including phenoxy) is 2. The Labute approximate surface area is 178 Å². The van der Waals surface area contributed by atoms with Crippen LogP contribution in [-0.4, -0.2) is 32.2 Å². The molecule has 1 N–H and O–H groups in total. The summed E-state index contributed by atoms with van der Waals surface area (Å²) in [6.07, 6.45) is 2.67. The minimum atomic E-state index is -0.198. The van der Waals surface area contributed by atoms with E-state index >= 15 is 0 Å². The van der Waals surface area contributed by atoms with Crippen LogP contribution in [0, 0.1) is 11.7 Å². The van der Waals surface area contributed by atoms with Gasteiger partial charge in [0.15, 0.2) is 18.1 Å². The van der Waals surface area contributed by atoms with Gasteiger partial charge in [0.2, 0.25) is 0 Å². The maximum absolute atomic E-state index is 14.2. The lowest BCUT2D eigenvalue weighted by Crippen LogP contribution is -2.36. The van der Waals surface area contributed by atoms with Crippen LogP contribution in [0.1, 0.15) is 25.3 Å². The molecule has 1 fully saturated rings. The molecule has 0 spiro atoms. The topological polar surface area (TPSA) is 50.8 Å². The van der Waals surface area contributed by atoms with Crippen LogP contribution in [0.4, 0.5) is 15.8 Å². The molecule has 0 unspecified atom stereocenters. The first-order valence-electron chi connectivity index (χ1n) is 9.96. The summed E-state index contributed by atoms with van der Waals surface area (Å²) in [4.78, 5) is 13.8. The summed E-state index contributed by atoms with van der Waals surface area (Å²) in [5.41, 5.74) is 2.41. The van der Waals surface area contributed by atoms with Gasteiger partial charge in [-0.3, -0.25) is 4.79 Å². The van der Waals surface area contributed by atoms with Crippen molar-refractivity contribution in [2.45, 2.75) is 26.2 Å². The van der Waals surface area contributed by atoms with Gasteiger partial charge in [0, 0.05) is 17.6 Å². The Kier molecular flexibility index (Phi) is 5.94. The van der Waals surface area contributed by atoms with Gasteiger partial charge >= 0.3 is 0 Å². The second-order valence-corrected chi connectivity index (χ2v) is 8.37. The van der Waals surface area contributed by atoms with Gasteiger partial charge in [-0.05, 0) is 55.0 Å². The van der Waals surface area contributed by atoms with E-state index in [0.717, 1.165) is 48.1 Å². The standard InChI is InChI=1S/C22H24BrFN2O3/c1-2-15-3-6-19(22-21(15)25-20(27)13-29-22)28-12-14-7-9-26(10-8-14)18-5-4-16(23)11-17(18)24/h3-6,11,14H,2,7-10,12-13H2,1H3,(H,25,27). The lowest BCUT2D eigenvalue weighted by molar-refractivity contribution is -0.118. The fraction of sp³-hybridized carbons (Fsp3) is 0.409. The zero-order valence-electron chi connectivity index (χ0n) is 16.3. The van der Waals surface area contributed by atoms with Crippen molar-refractivity contribution in [3.63, 3.8) is 0 Å². The Hall–Kier alpha value is -2.28. The van der Waals surface area contributed by atoms with Gasteiger partial charge in [-0.1, -0.05) is 28.9 Å². The van der Waals surface area contributed by atoms with E-state index in [9.17, 15) is 9.18 Å². The molecular weight excluding hydrogens is 439 g/mol. The highest BCUT2D eigenvalue weighted by atomic mass is 79.9. The smallest absolute Gasteiger partial charge is 0.262 e. The van der Waals surface area contributed by atoms with Crippen LogP contribution in [0.2, 0.25) is 0 Å². The van der Waals surface area contributed by atoms with Gasteiger partial charge in [-0.2, -0.15) is 0 Å². The average molecular weight is 463 g/mol. The van der Waals surface area contributed by atoms with E-state index in [1.165, 1.54) is 6.07 Å². The summed E-state index contributed by atoms with van der Waals surface area (Å²) in [6, 6.07) is 9.09. The van der Waals surface area contributed by atoms with Crippen molar-refractivity contribution < 1.29 is 18.7 Å². The zero-order valence-corrected chi connectivity index (χ0v) is 17.9. The van der Waals surface area contributed by atoms with Crippen LogP contribution in [0.5, 0.6) is 11.5 Å². The number of hydrogen-bond acceptors (Lipinski definition) is 4. The number of halogens is 2. The molecule has 154 valence electrons. The third kappa shape index (κ3) is 4.34. The molecule has 0 radical (unpaired) electrons. The van der Waals surface area contributed by atoms with E-state index in [0.29, 0.717) is 29.7 Å². The van der Waals surface area contributed by atoms with Gasteiger partial charge in [0.25, 0.3) is 5.91 Å². The van der Waals surface area contributed by atoms with Crippen molar-refractivity contribution >= 4 is 33.2 Å². The first-order chi connectivity index (χ1) is 14.0. The number of hydrogen-bond donors (Lipinski definition) is 1. The van der Waals surface area contributed by atoms with E-state index in [1.807, 2.05) is 31.2 Å². The number of piperidine rings is 1. The van der Waals surface area contributed by atoms with E-state index in [2.05, 4.69) is 26.1 Å². The molecule has 29 heavy (non-hydrogen) atoms. The molecule has 5 nitrogen and oxygen atoms in total. The van der Waals surface area contributed by atoms with E-state index in [-0.39, 0.29) is 18.3 Å². The summed E-state index contributed by atoms with van der Waals surface area (Å²) in [7, 11) is 0. The Morgan fingerprint density at radius 2 is 2.07 bits per heavy atom. The fourth-order valence-corrected chi connectivity index (χ4v) is 4.23. The number of anilines is 2. The Balaban J connectivity index is 1.37. The van der Waals surface area contributed by atoms with Crippen LogP contribution >= 0.6 is 15.9 Å². The number of carbonyl (C=O) groups is 1. The number of carbonyl (C=O) groups excluding carboxylic acids is 1. The quantitative estimate of drug-likeness (QED) is 0.694. The van der Waals surface area contributed by atoms with E-state index in [4.69, 9.17) is 9.47 Å². The molecule has 0 bridgehead atoms. The van der Waals surface area contributed by atoms with Gasteiger partial charge < -0.3 is 19.7 Å². The summed E-state index contributed by atoms with van der Waals surface area (Å²) in [6.45, 7) is 4.22. The highest BCUT2D eigenvalue weighted by molar-refractivity contribution is 9.10. The lowest BCUT2D eigenvalue weighted by Gasteiger charge is -2.34. The summed E-state index contributed by atoms with van der Waals surface area (Å²) in [5.74, 6) is 1.34. The summed E-state index contributed by atoms with van der Waals surface area (Å²) < 4.78 is 26.7. The molecule has 7 heteroatoms. The second-order valence-electron chi connectivity index (χ2n) is 7.45. The van der Waals surface area contributed by atoms with Crippen molar-refractivity contribution in [2.75, 3.05) is 36.5 Å². The number of rotatable bonds is 5. The molecule has 2 aromatic carbocycles. The fourth-order valence-electron chi connectivity index (χ4n) is 3.89. The number of nitrogens with one attached hydrogen (secondary N) is 1. The largest absolute Gasteiger partial charge is 0.489 e. The van der Waals surface area contributed by atoms with Gasteiger partial charge in [0.1, 0.15) is 5.82 Å². The highest BCUT2D eigenvalue weighted by Crippen LogP contribution is 2.41. The highest BCUT2D eigenvalue weighted by Gasteiger charge is 2.25. The van der Waals surface area contributed by atoms with Crippen LogP contribution < -0.4 is 19.7 Å². The maximum atomic E-state index is 14.2. The Bertz CT molecular complexity index is 913. The first-order valence-corrected chi connectivity index (χ1v) is 10.8. The molecule has 2 aliphatic rings. The molecular formula is C22H24BrFN2O3. The molecule has 0 aliphatic carbocycles. The van der Waals surface area contributed by atoms with Crippen molar-refractivity contribution in [1.29, 1.82) is 0 Å². The molecule has 1 amide bonds. The van der Waals surface area contributed by atoms with Crippen molar-refractivity contribution in [1.82, 2.24) is 0 Å². The van der Waals surface area contributed by atoms with Crippen LogP contribution in [0.15, 0.2) is 34.8 Å². The van der Waals surface area contributed by atoms with Crippen molar-refractivity contribution in [3.05, 3.63) is 46.2 Å². The molecule has 0 atom stereocenters. The predicted octanol–water partition coefficient (Wildman–Crippen LogP) is 4.78. The van der Waals surface area contributed by atoms with Gasteiger partial charge in [-0.15, -0.1) is 0 Å². The number of amides is 1. The number of aryl methyl sites for hydroxylation is 1. The van der Waals surface area contributed by atoms with Crippen LogP contribution in [-0.2, 0) is 11.2 Å².